The quantitative estimate of drug-likeness (QED) is 0.291. The maximum atomic E-state index is 13.2. The molecule has 3 aromatic rings. The number of aliphatic hydroxyl groups is 1. The van der Waals surface area contributed by atoms with E-state index in [1.54, 1.807) is 91.0 Å². The summed E-state index contributed by atoms with van der Waals surface area (Å²) in [6.45, 7) is -0.0620. The summed E-state index contributed by atoms with van der Waals surface area (Å²) in [5.74, 6) is -2.02. The largest absolute Gasteiger partial charge is 0.459 e. The van der Waals surface area contributed by atoms with Gasteiger partial charge in [-0.1, -0.05) is 54.6 Å². The highest BCUT2D eigenvalue weighted by atomic mass is 16.8. The number of hydrogen-bond donors (Lipinski definition) is 1. The first-order valence-electron chi connectivity index (χ1n) is 13.9. The van der Waals surface area contributed by atoms with Crippen LogP contribution in [0.15, 0.2) is 91.0 Å². The van der Waals surface area contributed by atoms with Gasteiger partial charge in [0.2, 0.25) is 0 Å². The molecule has 224 valence electrons. The van der Waals surface area contributed by atoms with E-state index >= 15 is 0 Å². The van der Waals surface area contributed by atoms with Gasteiger partial charge < -0.3 is 38.3 Å². The maximum absolute atomic E-state index is 13.2. The number of fused-ring (bicyclic) bond motifs is 2. The lowest BCUT2D eigenvalue weighted by Gasteiger charge is -2.34. The fourth-order valence-corrected chi connectivity index (χ4v) is 5.27. The van der Waals surface area contributed by atoms with E-state index in [0.717, 1.165) is 0 Å². The van der Waals surface area contributed by atoms with Crippen molar-refractivity contribution in [3.63, 3.8) is 0 Å². The zero-order valence-electron chi connectivity index (χ0n) is 22.9. The molecule has 3 aliphatic heterocycles. The minimum atomic E-state index is -1.28. The van der Waals surface area contributed by atoms with E-state index in [0.29, 0.717) is 5.56 Å². The Kier molecular flexibility index (Phi) is 8.77. The summed E-state index contributed by atoms with van der Waals surface area (Å²) in [6.07, 6.45) is -7.77. The molecule has 11 heteroatoms. The molecule has 3 aromatic carbocycles. The Morgan fingerprint density at radius 3 is 1.79 bits per heavy atom. The molecule has 0 spiro atoms. The van der Waals surface area contributed by atoms with Crippen molar-refractivity contribution in [3.05, 3.63) is 108 Å². The predicted octanol–water partition coefficient (Wildman–Crippen LogP) is 2.56. The van der Waals surface area contributed by atoms with E-state index in [1.807, 2.05) is 0 Å². The Morgan fingerprint density at radius 2 is 1.21 bits per heavy atom. The third kappa shape index (κ3) is 6.46. The third-order valence-electron chi connectivity index (χ3n) is 7.46. The van der Waals surface area contributed by atoms with Crippen molar-refractivity contribution in [2.24, 2.45) is 0 Å². The molecule has 43 heavy (non-hydrogen) atoms. The fourth-order valence-electron chi connectivity index (χ4n) is 5.27. The molecule has 0 radical (unpaired) electrons. The molecule has 0 unspecified atom stereocenters. The van der Waals surface area contributed by atoms with Crippen molar-refractivity contribution >= 4 is 17.9 Å². The van der Waals surface area contributed by atoms with Crippen molar-refractivity contribution in [3.8, 4) is 0 Å². The number of aliphatic hydroxyl groups excluding tert-OH is 1. The average Bonchev–Trinajstić information content (AvgIpc) is 3.52. The zero-order valence-corrected chi connectivity index (χ0v) is 22.9. The highest BCUT2D eigenvalue weighted by molar-refractivity contribution is 5.91. The van der Waals surface area contributed by atoms with Gasteiger partial charge >= 0.3 is 17.9 Å². The molecule has 3 aliphatic rings. The van der Waals surface area contributed by atoms with E-state index in [1.165, 1.54) is 0 Å². The Labute approximate surface area is 247 Å². The van der Waals surface area contributed by atoms with E-state index in [9.17, 15) is 19.5 Å². The highest BCUT2D eigenvalue weighted by Gasteiger charge is 2.55. The van der Waals surface area contributed by atoms with Crippen LogP contribution in [0, 0.1) is 0 Å². The highest BCUT2D eigenvalue weighted by Crippen LogP contribution is 2.35. The van der Waals surface area contributed by atoms with E-state index in [4.69, 9.17) is 33.2 Å². The lowest BCUT2D eigenvalue weighted by molar-refractivity contribution is -0.239. The van der Waals surface area contributed by atoms with Gasteiger partial charge in [-0.3, -0.25) is 0 Å². The van der Waals surface area contributed by atoms with Crippen LogP contribution >= 0.6 is 0 Å². The lowest BCUT2D eigenvalue weighted by atomic mass is 10.0. The van der Waals surface area contributed by atoms with Crippen LogP contribution in [0.5, 0.6) is 0 Å². The fraction of sp³-hybridized carbons (Fsp3) is 0.344. The summed E-state index contributed by atoms with van der Waals surface area (Å²) in [4.78, 5) is 39.2. The topological polar surface area (TPSA) is 136 Å². The second-order valence-electron chi connectivity index (χ2n) is 10.3. The van der Waals surface area contributed by atoms with E-state index in [2.05, 4.69) is 0 Å². The first-order valence-corrected chi connectivity index (χ1v) is 13.9. The molecular weight excluding hydrogens is 560 g/mol. The molecule has 3 fully saturated rings. The molecule has 11 nitrogen and oxygen atoms in total. The Bertz CT molecular complexity index is 1400. The van der Waals surface area contributed by atoms with Crippen LogP contribution in [-0.2, 0) is 33.2 Å². The van der Waals surface area contributed by atoms with Crippen molar-refractivity contribution in [2.75, 3.05) is 19.8 Å². The van der Waals surface area contributed by atoms with Crippen molar-refractivity contribution in [1.29, 1.82) is 0 Å². The van der Waals surface area contributed by atoms with Gasteiger partial charge in [-0.05, 0) is 36.4 Å². The van der Waals surface area contributed by atoms with Gasteiger partial charge in [-0.25, -0.2) is 14.4 Å². The molecule has 2 bridgehead atoms. The minimum Gasteiger partial charge on any atom is -0.459 e. The summed E-state index contributed by atoms with van der Waals surface area (Å²) < 4.78 is 41.1. The zero-order chi connectivity index (χ0) is 29.8. The van der Waals surface area contributed by atoms with Crippen LogP contribution in [0.4, 0.5) is 0 Å². The number of rotatable bonds is 9. The summed E-state index contributed by atoms with van der Waals surface area (Å²) in [7, 11) is 0. The van der Waals surface area contributed by atoms with Gasteiger partial charge in [-0.15, -0.1) is 0 Å². The number of carbonyl (C=O) groups is 3. The second-order valence-corrected chi connectivity index (χ2v) is 10.3. The maximum Gasteiger partial charge on any atom is 0.338 e. The van der Waals surface area contributed by atoms with Crippen LogP contribution < -0.4 is 0 Å². The number of hydrogen-bond acceptors (Lipinski definition) is 11. The van der Waals surface area contributed by atoms with Gasteiger partial charge in [0.15, 0.2) is 18.5 Å². The lowest BCUT2D eigenvalue weighted by Crippen LogP contribution is -2.52. The Balaban J connectivity index is 1.28. The van der Waals surface area contributed by atoms with Gasteiger partial charge in [0.05, 0.1) is 29.9 Å². The molecule has 8 atom stereocenters. The number of ether oxygens (including phenoxy) is 7. The summed E-state index contributed by atoms with van der Waals surface area (Å²) >= 11 is 0. The Morgan fingerprint density at radius 1 is 0.674 bits per heavy atom. The van der Waals surface area contributed by atoms with Crippen LogP contribution in [0.1, 0.15) is 31.1 Å². The van der Waals surface area contributed by atoms with Crippen molar-refractivity contribution < 1.29 is 52.6 Å². The number of esters is 3. The third-order valence-corrected chi connectivity index (χ3v) is 7.46. The smallest absolute Gasteiger partial charge is 0.338 e. The molecule has 1 N–H and O–H groups in total. The minimum absolute atomic E-state index is 0.0858. The van der Waals surface area contributed by atoms with Gasteiger partial charge in [0.25, 0.3) is 0 Å². The SMILES string of the molecule is O=C(OC[C@H]1O[C@H](O[C@@H]2[C@H]3OC[C@@H]2OC[C@H]3O)[C@@H](OC(=O)c2ccccc2)[C@@H]1OC(=O)c1ccccc1)c1ccccc1. The van der Waals surface area contributed by atoms with Gasteiger partial charge in [0.1, 0.15) is 37.1 Å². The standard InChI is InChI=1S/C32H30O11/c33-22-16-37-23-17-38-25(22)26(23)43-32-28(42-31(36)21-14-8-3-9-15-21)27(41-30(35)20-12-6-2-7-13-20)24(40-32)18-39-29(34)19-10-4-1-5-11-19/h1-15,22-28,32-33H,16-18H2/t22-,23+,24-,25+,26+,27-,28+,32-/m1/s1. The molecule has 0 amide bonds. The van der Waals surface area contributed by atoms with Gasteiger partial charge in [0, 0.05) is 0 Å². The predicted molar refractivity (Wildman–Crippen MR) is 147 cm³/mol. The first-order chi connectivity index (χ1) is 21.0. The molecular formula is C32H30O11. The second kappa shape index (κ2) is 13.0. The summed E-state index contributed by atoms with van der Waals surface area (Å²) in [5.41, 5.74) is 0.837. The van der Waals surface area contributed by atoms with Crippen LogP contribution in [0.2, 0.25) is 0 Å². The molecule has 0 aliphatic carbocycles. The van der Waals surface area contributed by atoms with E-state index in [-0.39, 0.29) is 30.9 Å². The number of benzene rings is 3. The van der Waals surface area contributed by atoms with Crippen LogP contribution in [0.3, 0.4) is 0 Å². The molecule has 3 heterocycles. The molecule has 0 aromatic heterocycles. The number of carbonyl (C=O) groups excluding carboxylic acids is 3. The van der Waals surface area contributed by atoms with Crippen LogP contribution in [0.25, 0.3) is 0 Å². The van der Waals surface area contributed by atoms with Crippen LogP contribution in [-0.4, -0.2) is 91.9 Å². The van der Waals surface area contributed by atoms with Crippen molar-refractivity contribution in [2.45, 2.75) is 49.0 Å². The van der Waals surface area contributed by atoms with Crippen molar-refractivity contribution in [1.82, 2.24) is 0 Å². The molecule has 0 saturated carbocycles. The molecule has 3 saturated heterocycles. The monoisotopic (exact) mass is 590 g/mol. The normalized spacial score (nSPS) is 29.5. The Hall–Kier alpha value is -4.13. The first kappa shape index (κ1) is 29.0. The van der Waals surface area contributed by atoms with Gasteiger partial charge in [-0.2, -0.15) is 0 Å². The average molecular weight is 591 g/mol. The summed E-state index contributed by atoms with van der Waals surface area (Å²) in [6, 6.07) is 25.0. The molecule has 6 rings (SSSR count). The van der Waals surface area contributed by atoms with E-state index < -0.39 is 66.9 Å². The summed E-state index contributed by atoms with van der Waals surface area (Å²) in [5, 5.41) is 10.4.